The van der Waals surface area contributed by atoms with Gasteiger partial charge in [0.05, 0.1) is 0 Å². The molecule has 2 N–H and O–H groups in total. The summed E-state index contributed by atoms with van der Waals surface area (Å²) >= 11 is 0. The van der Waals surface area contributed by atoms with Crippen LogP contribution in [0.5, 0.6) is 0 Å². The van der Waals surface area contributed by atoms with Gasteiger partial charge >= 0.3 is 0 Å². The van der Waals surface area contributed by atoms with Crippen molar-refractivity contribution < 1.29 is 17.6 Å². The summed E-state index contributed by atoms with van der Waals surface area (Å²) in [6.45, 7) is 7.99. The van der Waals surface area contributed by atoms with Crippen LogP contribution in [0.1, 0.15) is 38.2 Å². The van der Waals surface area contributed by atoms with Crippen molar-refractivity contribution in [2.75, 3.05) is 6.54 Å². The first kappa shape index (κ1) is 14.7. The molecule has 102 valence electrons. The van der Waals surface area contributed by atoms with E-state index in [1.54, 1.807) is 4.90 Å². The van der Waals surface area contributed by atoms with Gasteiger partial charge < -0.3 is 9.32 Å². The molecule has 1 amide bonds. The molecule has 0 unspecified atom stereocenters. The standard InChI is InChI=1S/C11H18N2O4S/c1-5-13(11(2,3)4)10(14)8-6-7-9(17-8)18(12,15)16/h6-7H,5H2,1-4H3,(H2,12,15,16). The summed E-state index contributed by atoms with van der Waals surface area (Å²) in [5, 5.41) is 4.51. The molecule has 0 aliphatic rings. The highest BCUT2D eigenvalue weighted by atomic mass is 32.2. The molecule has 0 saturated carbocycles. The van der Waals surface area contributed by atoms with Crippen molar-refractivity contribution in [2.24, 2.45) is 5.14 Å². The Morgan fingerprint density at radius 2 is 1.94 bits per heavy atom. The maximum absolute atomic E-state index is 12.2. The van der Waals surface area contributed by atoms with Gasteiger partial charge in [0, 0.05) is 12.1 Å². The van der Waals surface area contributed by atoms with Gasteiger partial charge in [-0.1, -0.05) is 0 Å². The Balaban J connectivity index is 3.08. The molecular weight excluding hydrogens is 256 g/mol. The molecule has 0 aliphatic heterocycles. The number of nitrogens with zero attached hydrogens (tertiary/aromatic N) is 1. The lowest BCUT2D eigenvalue weighted by Gasteiger charge is -2.34. The first-order valence-corrected chi connectivity index (χ1v) is 7.06. The second kappa shape index (κ2) is 4.74. The predicted octanol–water partition coefficient (Wildman–Crippen LogP) is 1.19. The van der Waals surface area contributed by atoms with Crippen LogP contribution in [0.4, 0.5) is 0 Å². The minimum absolute atomic E-state index is 0.0317. The van der Waals surface area contributed by atoms with E-state index in [9.17, 15) is 13.2 Å². The summed E-state index contributed by atoms with van der Waals surface area (Å²) in [6, 6.07) is 2.50. The molecule has 0 bridgehead atoms. The number of amides is 1. The third-order valence-electron chi connectivity index (χ3n) is 2.44. The molecular formula is C11H18N2O4S. The first-order chi connectivity index (χ1) is 8.07. The van der Waals surface area contributed by atoms with Crippen molar-refractivity contribution >= 4 is 15.9 Å². The number of nitrogens with two attached hydrogens (primary N) is 1. The Kier molecular flexibility index (Phi) is 3.87. The molecule has 0 atom stereocenters. The summed E-state index contributed by atoms with van der Waals surface area (Å²) in [7, 11) is -3.92. The van der Waals surface area contributed by atoms with Gasteiger partial charge in [-0.05, 0) is 39.8 Å². The lowest BCUT2D eigenvalue weighted by Crippen LogP contribution is -2.45. The van der Waals surface area contributed by atoms with E-state index < -0.39 is 15.1 Å². The molecule has 6 nitrogen and oxygen atoms in total. The van der Waals surface area contributed by atoms with Crippen LogP contribution in [0.25, 0.3) is 0 Å². The molecule has 0 aliphatic carbocycles. The Morgan fingerprint density at radius 3 is 2.28 bits per heavy atom. The second-order valence-electron chi connectivity index (χ2n) is 4.88. The van der Waals surface area contributed by atoms with E-state index in [2.05, 4.69) is 0 Å². The summed E-state index contributed by atoms with van der Waals surface area (Å²) < 4.78 is 27.1. The monoisotopic (exact) mass is 274 g/mol. The van der Waals surface area contributed by atoms with Gasteiger partial charge in [-0.3, -0.25) is 4.79 Å². The maximum atomic E-state index is 12.2. The van der Waals surface area contributed by atoms with Gasteiger partial charge in [-0.15, -0.1) is 0 Å². The number of carbonyl (C=O) groups excluding carboxylic acids is 1. The van der Waals surface area contributed by atoms with Gasteiger partial charge in [0.2, 0.25) is 5.09 Å². The van der Waals surface area contributed by atoms with E-state index in [-0.39, 0.29) is 17.2 Å². The average molecular weight is 274 g/mol. The largest absolute Gasteiger partial charge is 0.438 e. The number of primary sulfonamides is 1. The number of hydrogen-bond acceptors (Lipinski definition) is 4. The molecule has 7 heteroatoms. The fraction of sp³-hybridized carbons (Fsp3) is 0.545. The molecule has 1 aromatic rings. The zero-order valence-electron chi connectivity index (χ0n) is 10.9. The molecule has 18 heavy (non-hydrogen) atoms. The normalized spacial score (nSPS) is 12.5. The van der Waals surface area contributed by atoms with E-state index >= 15 is 0 Å². The predicted molar refractivity (Wildman–Crippen MR) is 66.5 cm³/mol. The van der Waals surface area contributed by atoms with Gasteiger partial charge in [0.15, 0.2) is 5.76 Å². The smallest absolute Gasteiger partial charge is 0.290 e. The van der Waals surface area contributed by atoms with E-state index in [1.165, 1.54) is 12.1 Å². The molecule has 0 spiro atoms. The number of hydrogen-bond donors (Lipinski definition) is 1. The van der Waals surface area contributed by atoms with Gasteiger partial charge in [-0.25, -0.2) is 13.6 Å². The number of sulfonamides is 1. The molecule has 1 aromatic heterocycles. The lowest BCUT2D eigenvalue weighted by molar-refractivity contribution is 0.0560. The molecule has 0 fully saturated rings. The van der Waals surface area contributed by atoms with Crippen molar-refractivity contribution in [3.8, 4) is 0 Å². The summed E-state index contributed by atoms with van der Waals surface area (Å²) in [4.78, 5) is 13.7. The molecule has 0 radical (unpaired) electrons. The quantitative estimate of drug-likeness (QED) is 0.895. The van der Waals surface area contributed by atoms with Crippen molar-refractivity contribution in [3.05, 3.63) is 17.9 Å². The highest BCUT2D eigenvalue weighted by Gasteiger charge is 2.28. The molecule has 1 rings (SSSR count). The highest BCUT2D eigenvalue weighted by Crippen LogP contribution is 2.19. The van der Waals surface area contributed by atoms with Crippen LogP contribution in [0, 0.1) is 0 Å². The number of carbonyl (C=O) groups is 1. The third-order valence-corrected chi connectivity index (χ3v) is 3.22. The van der Waals surface area contributed by atoms with Crippen LogP contribution in [-0.2, 0) is 10.0 Å². The average Bonchev–Trinajstić information content (AvgIpc) is 2.63. The molecule has 0 aromatic carbocycles. The van der Waals surface area contributed by atoms with Crippen LogP contribution in [0.2, 0.25) is 0 Å². The molecule has 1 heterocycles. The molecule has 0 saturated heterocycles. The van der Waals surface area contributed by atoms with Crippen molar-refractivity contribution in [3.63, 3.8) is 0 Å². The number of furan rings is 1. The Hall–Kier alpha value is -1.34. The van der Waals surface area contributed by atoms with E-state index in [1.807, 2.05) is 27.7 Å². The zero-order valence-corrected chi connectivity index (χ0v) is 11.7. The lowest BCUT2D eigenvalue weighted by atomic mass is 10.1. The van der Waals surface area contributed by atoms with Crippen molar-refractivity contribution in [2.45, 2.75) is 38.3 Å². The highest BCUT2D eigenvalue weighted by molar-refractivity contribution is 7.89. The minimum atomic E-state index is -3.92. The third kappa shape index (κ3) is 3.11. The summed E-state index contributed by atoms with van der Waals surface area (Å²) in [5.41, 5.74) is -0.375. The Labute approximate surface area is 107 Å². The minimum Gasteiger partial charge on any atom is -0.438 e. The number of rotatable bonds is 3. The van der Waals surface area contributed by atoms with Crippen LogP contribution in [0.15, 0.2) is 21.6 Å². The summed E-state index contributed by atoms with van der Waals surface area (Å²) in [6.07, 6.45) is 0. The summed E-state index contributed by atoms with van der Waals surface area (Å²) in [5.74, 6) is -0.393. The topological polar surface area (TPSA) is 93.6 Å². The SMILES string of the molecule is CCN(C(=O)c1ccc(S(N)(=O)=O)o1)C(C)(C)C. The van der Waals surface area contributed by atoms with Crippen LogP contribution in [-0.4, -0.2) is 31.3 Å². The van der Waals surface area contributed by atoms with Gasteiger partial charge in [0.25, 0.3) is 15.9 Å². The maximum Gasteiger partial charge on any atom is 0.290 e. The fourth-order valence-electron chi connectivity index (χ4n) is 1.64. The van der Waals surface area contributed by atoms with E-state index in [4.69, 9.17) is 9.56 Å². The second-order valence-corrected chi connectivity index (χ2v) is 6.38. The fourth-order valence-corrected chi connectivity index (χ4v) is 2.11. The van der Waals surface area contributed by atoms with Gasteiger partial charge in [0.1, 0.15) is 0 Å². The Morgan fingerprint density at radius 1 is 1.39 bits per heavy atom. The van der Waals surface area contributed by atoms with Gasteiger partial charge in [-0.2, -0.15) is 0 Å². The first-order valence-electron chi connectivity index (χ1n) is 5.52. The van der Waals surface area contributed by atoms with E-state index in [0.717, 1.165) is 0 Å². The van der Waals surface area contributed by atoms with Crippen LogP contribution < -0.4 is 5.14 Å². The van der Waals surface area contributed by atoms with Crippen LogP contribution in [0.3, 0.4) is 0 Å². The zero-order chi connectivity index (χ0) is 14.1. The van der Waals surface area contributed by atoms with Crippen molar-refractivity contribution in [1.82, 2.24) is 4.90 Å². The Bertz CT molecular complexity index is 540. The van der Waals surface area contributed by atoms with Crippen LogP contribution >= 0.6 is 0 Å². The van der Waals surface area contributed by atoms with Crippen molar-refractivity contribution in [1.29, 1.82) is 0 Å². The van der Waals surface area contributed by atoms with E-state index in [0.29, 0.717) is 6.54 Å².